The third-order valence-corrected chi connectivity index (χ3v) is 15.6. The van der Waals surface area contributed by atoms with Gasteiger partial charge in [-0.05, 0) is 155 Å². The molecule has 4 saturated carbocycles. The van der Waals surface area contributed by atoms with Crippen molar-refractivity contribution >= 4 is 0 Å². The molecule has 0 aromatic heterocycles. The molecule has 0 aliphatic heterocycles. The SMILES string of the molecule is C=C1C=C([C@@]2(C)CCC3(C)C4(N)CC[C@]5(C)CC(CC(=C)NCCCN(CCC)CCC)CCC5(C)C4CCC32C)CC1. The molecular weight excluding hydrogens is 522 g/mol. The lowest BCUT2D eigenvalue weighted by atomic mass is 9.33. The minimum Gasteiger partial charge on any atom is -0.389 e. The van der Waals surface area contributed by atoms with Gasteiger partial charge in [0, 0.05) is 17.8 Å². The van der Waals surface area contributed by atoms with Gasteiger partial charge in [0.1, 0.15) is 0 Å². The van der Waals surface area contributed by atoms with Crippen molar-refractivity contribution in [2.24, 2.45) is 44.6 Å². The Morgan fingerprint density at radius 1 is 0.907 bits per heavy atom. The van der Waals surface area contributed by atoms with E-state index in [4.69, 9.17) is 5.73 Å². The van der Waals surface area contributed by atoms with Crippen LogP contribution in [-0.2, 0) is 0 Å². The maximum Gasteiger partial charge on any atom is 0.0248 e. The van der Waals surface area contributed by atoms with Crippen LogP contribution in [0.5, 0.6) is 0 Å². The largest absolute Gasteiger partial charge is 0.389 e. The molecule has 244 valence electrons. The molecule has 43 heavy (non-hydrogen) atoms. The molecule has 4 fully saturated rings. The summed E-state index contributed by atoms with van der Waals surface area (Å²) in [5.74, 6) is 1.38. The lowest BCUT2D eigenvalue weighted by molar-refractivity contribution is -0.207. The van der Waals surface area contributed by atoms with E-state index < -0.39 is 0 Å². The van der Waals surface area contributed by atoms with Crippen LogP contribution in [0.15, 0.2) is 36.1 Å². The van der Waals surface area contributed by atoms with E-state index in [0.717, 1.165) is 25.3 Å². The van der Waals surface area contributed by atoms with E-state index >= 15 is 0 Å². The quantitative estimate of drug-likeness (QED) is 0.222. The first kappa shape index (κ1) is 33.3. The van der Waals surface area contributed by atoms with Crippen molar-refractivity contribution in [1.82, 2.24) is 10.2 Å². The number of nitrogens with zero attached hydrogens (tertiary/aromatic N) is 1. The highest BCUT2D eigenvalue weighted by atomic mass is 15.1. The molecule has 0 saturated heterocycles. The van der Waals surface area contributed by atoms with E-state index in [-0.39, 0.29) is 21.8 Å². The van der Waals surface area contributed by atoms with E-state index in [1.165, 1.54) is 114 Å². The molecule has 0 radical (unpaired) electrons. The van der Waals surface area contributed by atoms with Gasteiger partial charge in [-0.3, -0.25) is 0 Å². The van der Waals surface area contributed by atoms with Crippen LogP contribution < -0.4 is 11.1 Å². The van der Waals surface area contributed by atoms with Crippen LogP contribution in [0.2, 0.25) is 0 Å². The zero-order valence-corrected chi connectivity index (χ0v) is 29.6. The van der Waals surface area contributed by atoms with Crippen LogP contribution >= 0.6 is 0 Å². The first-order chi connectivity index (χ1) is 20.2. The molecule has 0 spiro atoms. The number of hydrogen-bond donors (Lipinski definition) is 2. The molecule has 0 aromatic carbocycles. The fraction of sp³-hybridized carbons (Fsp3) is 0.850. The first-order valence-corrected chi connectivity index (χ1v) is 18.5. The van der Waals surface area contributed by atoms with Gasteiger partial charge in [-0.2, -0.15) is 0 Å². The Morgan fingerprint density at radius 2 is 1.63 bits per heavy atom. The van der Waals surface area contributed by atoms with Crippen molar-refractivity contribution in [3.05, 3.63) is 36.1 Å². The van der Waals surface area contributed by atoms with Crippen molar-refractivity contribution in [3.8, 4) is 0 Å². The summed E-state index contributed by atoms with van der Waals surface area (Å²) in [6, 6.07) is 0. The number of nitrogens with one attached hydrogen (secondary N) is 1. The summed E-state index contributed by atoms with van der Waals surface area (Å²) in [4.78, 5) is 2.62. The molecule has 0 heterocycles. The number of hydrogen-bond acceptors (Lipinski definition) is 3. The zero-order valence-electron chi connectivity index (χ0n) is 29.6. The minimum atomic E-state index is -0.0659. The Hall–Kier alpha value is -1.06. The third-order valence-electron chi connectivity index (χ3n) is 15.6. The number of fused-ring (bicyclic) bond motifs is 5. The average Bonchev–Trinajstić information content (AvgIpc) is 3.49. The van der Waals surface area contributed by atoms with Gasteiger partial charge >= 0.3 is 0 Å². The molecular formula is C40H69N3. The van der Waals surface area contributed by atoms with Gasteiger partial charge in [0.05, 0.1) is 0 Å². The maximum atomic E-state index is 7.95. The zero-order chi connectivity index (χ0) is 31.3. The molecule has 5 aliphatic rings. The van der Waals surface area contributed by atoms with Crippen LogP contribution in [0, 0.1) is 38.9 Å². The molecule has 3 N–H and O–H groups in total. The monoisotopic (exact) mass is 592 g/mol. The Balaban J connectivity index is 1.24. The van der Waals surface area contributed by atoms with Crippen molar-refractivity contribution < 1.29 is 0 Å². The Labute approximate surface area is 267 Å². The smallest absolute Gasteiger partial charge is 0.0248 e. The first-order valence-electron chi connectivity index (χ1n) is 18.5. The standard InChI is InChI=1S/C40H69N3/c1-10-24-43(25-11-2)26-12-23-42-31(4)28-32-15-17-37(7)34-16-18-38(8)36(6,33-14-13-30(3)27-33)20-21-39(38,9)40(34,41)22-19-35(37,5)29-32/h27,32,34,42H,3-4,10-26,28-29,41H2,1-2,5-9H3/t32?,34?,35-,36-,37?,38?,39?,40?/m1/s1. The minimum absolute atomic E-state index is 0.0659. The van der Waals surface area contributed by atoms with Crippen molar-refractivity contribution in [2.75, 3.05) is 26.2 Å². The summed E-state index contributed by atoms with van der Waals surface area (Å²) in [6.45, 7) is 31.4. The normalized spacial score (nSPS) is 44.1. The fourth-order valence-corrected chi connectivity index (χ4v) is 12.4. The Bertz CT molecular complexity index is 1090. The summed E-state index contributed by atoms with van der Waals surface area (Å²) in [5, 5.41) is 3.73. The van der Waals surface area contributed by atoms with E-state index in [1.807, 2.05) is 0 Å². The molecule has 8 atom stereocenters. The van der Waals surface area contributed by atoms with Crippen LogP contribution in [0.25, 0.3) is 0 Å². The summed E-state index contributed by atoms with van der Waals surface area (Å²) >= 11 is 0. The fourth-order valence-electron chi connectivity index (χ4n) is 12.4. The van der Waals surface area contributed by atoms with Gasteiger partial charge < -0.3 is 16.0 Å². The summed E-state index contributed by atoms with van der Waals surface area (Å²) < 4.78 is 0. The molecule has 6 unspecified atom stereocenters. The summed E-state index contributed by atoms with van der Waals surface area (Å²) in [7, 11) is 0. The van der Waals surface area contributed by atoms with Gasteiger partial charge in [0.15, 0.2) is 0 Å². The molecule has 3 heteroatoms. The van der Waals surface area contributed by atoms with Gasteiger partial charge in [-0.1, -0.05) is 78.8 Å². The van der Waals surface area contributed by atoms with Crippen LogP contribution in [-0.4, -0.2) is 36.6 Å². The van der Waals surface area contributed by atoms with E-state index in [1.54, 1.807) is 5.57 Å². The van der Waals surface area contributed by atoms with E-state index in [0.29, 0.717) is 16.7 Å². The van der Waals surface area contributed by atoms with Gasteiger partial charge in [0.25, 0.3) is 0 Å². The van der Waals surface area contributed by atoms with Gasteiger partial charge in [-0.25, -0.2) is 0 Å². The number of allylic oxidation sites excluding steroid dienone is 4. The lowest BCUT2D eigenvalue weighted by Gasteiger charge is -2.73. The van der Waals surface area contributed by atoms with Crippen molar-refractivity contribution in [1.29, 1.82) is 0 Å². The highest BCUT2D eigenvalue weighted by Crippen LogP contribution is 2.79. The van der Waals surface area contributed by atoms with E-state index in [2.05, 4.69) is 77.9 Å². The molecule has 0 amide bonds. The highest BCUT2D eigenvalue weighted by Gasteiger charge is 2.75. The lowest BCUT2D eigenvalue weighted by Crippen LogP contribution is -2.74. The van der Waals surface area contributed by atoms with Crippen LogP contribution in [0.3, 0.4) is 0 Å². The van der Waals surface area contributed by atoms with Crippen LogP contribution in [0.4, 0.5) is 0 Å². The Morgan fingerprint density at radius 3 is 2.28 bits per heavy atom. The molecule has 5 aliphatic carbocycles. The predicted molar refractivity (Wildman–Crippen MR) is 186 cm³/mol. The van der Waals surface area contributed by atoms with Crippen molar-refractivity contribution in [3.63, 3.8) is 0 Å². The molecule has 3 nitrogen and oxygen atoms in total. The van der Waals surface area contributed by atoms with Crippen LogP contribution in [0.1, 0.15) is 145 Å². The second-order valence-electron chi connectivity index (χ2n) is 17.5. The highest BCUT2D eigenvalue weighted by molar-refractivity contribution is 5.38. The van der Waals surface area contributed by atoms with Gasteiger partial charge in [0.2, 0.25) is 0 Å². The predicted octanol–water partition coefficient (Wildman–Crippen LogP) is 9.79. The van der Waals surface area contributed by atoms with Crippen molar-refractivity contribution in [2.45, 2.75) is 150 Å². The second-order valence-corrected chi connectivity index (χ2v) is 17.5. The molecule has 0 aromatic rings. The number of rotatable bonds is 12. The topological polar surface area (TPSA) is 41.3 Å². The summed E-state index contributed by atoms with van der Waals surface area (Å²) in [5.41, 5.74) is 13.6. The van der Waals surface area contributed by atoms with E-state index in [9.17, 15) is 0 Å². The maximum absolute atomic E-state index is 7.95. The molecule has 0 bridgehead atoms. The van der Waals surface area contributed by atoms with Gasteiger partial charge in [-0.15, -0.1) is 0 Å². The molecule has 5 rings (SSSR count). The summed E-state index contributed by atoms with van der Waals surface area (Å²) in [6.07, 6.45) is 21.4. The Kier molecular flexibility index (Phi) is 9.25. The second kappa shape index (κ2) is 11.9. The number of nitrogens with two attached hydrogens (primary N) is 1. The third kappa shape index (κ3) is 5.14. The average molecular weight is 592 g/mol.